The number of amides is 1. The van der Waals surface area contributed by atoms with E-state index in [1.807, 2.05) is 13.3 Å². The highest BCUT2D eigenvalue weighted by atomic mass is 16.1. The standard InChI is InChI=1S/C21H42NO/c1-4-19-22-21(23)18-16-14-12-10-8-6-5-7-9-11-13-15-17-20(2)3/h4,20H,5-19H2,1-3H3,(H,22,23). The molecule has 1 N–H and O–H groups in total. The molecule has 2 nitrogen and oxygen atoms in total. The quantitative estimate of drug-likeness (QED) is 0.306. The molecule has 0 aromatic carbocycles. The maximum Gasteiger partial charge on any atom is 0.220 e. The van der Waals surface area contributed by atoms with Crippen molar-refractivity contribution in [2.75, 3.05) is 6.54 Å². The lowest BCUT2D eigenvalue weighted by Crippen LogP contribution is -2.23. The summed E-state index contributed by atoms with van der Waals surface area (Å²) < 4.78 is 0. The molecule has 23 heavy (non-hydrogen) atoms. The summed E-state index contributed by atoms with van der Waals surface area (Å²) in [5.74, 6) is 1.08. The SMILES string of the molecule is C[CH]CNC(=O)CCCCCCCCCCCCCCC(C)C. The predicted molar refractivity (Wildman–Crippen MR) is 102 cm³/mol. The number of carbonyl (C=O) groups is 1. The third-order valence-electron chi connectivity index (χ3n) is 4.44. The van der Waals surface area contributed by atoms with Gasteiger partial charge in [-0.05, 0) is 18.8 Å². The largest absolute Gasteiger partial charge is 0.356 e. The summed E-state index contributed by atoms with van der Waals surface area (Å²) in [6.07, 6.45) is 20.3. The second kappa shape index (κ2) is 17.8. The summed E-state index contributed by atoms with van der Waals surface area (Å²) in [6, 6.07) is 0. The van der Waals surface area contributed by atoms with Gasteiger partial charge in [-0.25, -0.2) is 0 Å². The molecule has 0 aliphatic rings. The van der Waals surface area contributed by atoms with Crippen molar-refractivity contribution in [3.63, 3.8) is 0 Å². The monoisotopic (exact) mass is 324 g/mol. The summed E-state index contributed by atoms with van der Waals surface area (Å²) in [5, 5.41) is 2.89. The van der Waals surface area contributed by atoms with Crippen LogP contribution in [0.1, 0.15) is 111 Å². The molecule has 137 valence electrons. The fourth-order valence-electron chi connectivity index (χ4n) is 2.91. The normalized spacial score (nSPS) is 11.1. The van der Waals surface area contributed by atoms with Gasteiger partial charge in [-0.2, -0.15) is 0 Å². The topological polar surface area (TPSA) is 29.1 Å². The van der Waals surface area contributed by atoms with Crippen molar-refractivity contribution < 1.29 is 4.79 Å². The number of hydrogen-bond donors (Lipinski definition) is 1. The second-order valence-corrected chi connectivity index (χ2v) is 7.39. The minimum atomic E-state index is 0.205. The van der Waals surface area contributed by atoms with Gasteiger partial charge in [0.1, 0.15) is 0 Å². The molecular weight excluding hydrogens is 282 g/mol. The zero-order chi connectivity index (χ0) is 17.2. The molecule has 0 saturated carbocycles. The third-order valence-corrected chi connectivity index (χ3v) is 4.44. The Morgan fingerprint density at radius 3 is 1.65 bits per heavy atom. The molecule has 0 rings (SSSR count). The lowest BCUT2D eigenvalue weighted by atomic mass is 10.0. The van der Waals surface area contributed by atoms with E-state index in [1.165, 1.54) is 77.0 Å². The Balaban J connectivity index is 3.06. The first-order chi connectivity index (χ1) is 11.2. The third kappa shape index (κ3) is 19.4. The smallest absolute Gasteiger partial charge is 0.220 e. The van der Waals surface area contributed by atoms with E-state index in [-0.39, 0.29) is 5.91 Å². The molecule has 0 bridgehead atoms. The lowest BCUT2D eigenvalue weighted by Gasteiger charge is -2.05. The van der Waals surface area contributed by atoms with Crippen LogP contribution >= 0.6 is 0 Å². The first kappa shape index (κ1) is 22.5. The summed E-state index contributed by atoms with van der Waals surface area (Å²) in [6.45, 7) is 7.31. The van der Waals surface area contributed by atoms with Gasteiger partial charge in [-0.15, -0.1) is 0 Å². The summed E-state index contributed by atoms with van der Waals surface area (Å²) in [5.41, 5.74) is 0. The van der Waals surface area contributed by atoms with Crippen molar-refractivity contribution >= 4 is 5.91 Å². The minimum absolute atomic E-state index is 0.205. The van der Waals surface area contributed by atoms with Crippen molar-refractivity contribution in [2.24, 2.45) is 5.92 Å². The molecule has 0 spiro atoms. The Hall–Kier alpha value is -0.530. The van der Waals surface area contributed by atoms with Gasteiger partial charge in [0, 0.05) is 13.0 Å². The highest BCUT2D eigenvalue weighted by molar-refractivity contribution is 5.75. The number of nitrogens with one attached hydrogen (secondary N) is 1. The van der Waals surface area contributed by atoms with Crippen LogP contribution in [0.5, 0.6) is 0 Å². The van der Waals surface area contributed by atoms with Crippen LogP contribution in [0.25, 0.3) is 0 Å². The predicted octanol–water partition coefficient (Wildman–Crippen LogP) is 6.44. The number of hydrogen-bond acceptors (Lipinski definition) is 1. The van der Waals surface area contributed by atoms with Crippen molar-refractivity contribution in [3.8, 4) is 0 Å². The minimum Gasteiger partial charge on any atom is -0.356 e. The number of rotatable bonds is 17. The van der Waals surface area contributed by atoms with Gasteiger partial charge in [-0.1, -0.05) is 97.8 Å². The molecular formula is C21H42NO. The summed E-state index contributed by atoms with van der Waals surface area (Å²) in [4.78, 5) is 11.4. The average Bonchev–Trinajstić information content (AvgIpc) is 2.52. The molecule has 0 aliphatic carbocycles. The van der Waals surface area contributed by atoms with Gasteiger partial charge in [-0.3, -0.25) is 4.79 Å². The summed E-state index contributed by atoms with van der Waals surface area (Å²) in [7, 11) is 0. The Labute approximate surface area is 146 Å². The van der Waals surface area contributed by atoms with Crippen LogP contribution in [0.3, 0.4) is 0 Å². The van der Waals surface area contributed by atoms with Crippen molar-refractivity contribution in [1.82, 2.24) is 5.32 Å². The Morgan fingerprint density at radius 2 is 1.22 bits per heavy atom. The van der Waals surface area contributed by atoms with E-state index in [1.54, 1.807) is 0 Å². The van der Waals surface area contributed by atoms with Gasteiger partial charge in [0.2, 0.25) is 5.91 Å². The second-order valence-electron chi connectivity index (χ2n) is 7.39. The molecule has 1 amide bonds. The van der Waals surface area contributed by atoms with E-state index in [0.717, 1.165) is 12.3 Å². The maximum atomic E-state index is 11.4. The van der Waals surface area contributed by atoms with E-state index in [0.29, 0.717) is 13.0 Å². The van der Waals surface area contributed by atoms with Gasteiger partial charge < -0.3 is 5.32 Å². The van der Waals surface area contributed by atoms with Gasteiger partial charge >= 0.3 is 0 Å². The van der Waals surface area contributed by atoms with Crippen LogP contribution in [-0.2, 0) is 4.79 Å². The average molecular weight is 325 g/mol. The molecule has 0 fully saturated rings. The molecule has 0 saturated heterocycles. The zero-order valence-electron chi connectivity index (χ0n) is 16.2. The van der Waals surface area contributed by atoms with Crippen LogP contribution in [-0.4, -0.2) is 12.5 Å². The highest BCUT2D eigenvalue weighted by Crippen LogP contribution is 2.14. The van der Waals surface area contributed by atoms with Crippen molar-refractivity contribution in [3.05, 3.63) is 6.42 Å². The zero-order valence-corrected chi connectivity index (χ0v) is 16.2. The molecule has 0 unspecified atom stereocenters. The Bertz CT molecular complexity index is 250. The molecule has 1 radical (unpaired) electrons. The Morgan fingerprint density at radius 1 is 0.783 bits per heavy atom. The first-order valence-electron chi connectivity index (χ1n) is 10.2. The number of unbranched alkanes of at least 4 members (excludes halogenated alkanes) is 11. The fourth-order valence-corrected chi connectivity index (χ4v) is 2.91. The molecule has 0 aliphatic heterocycles. The van der Waals surface area contributed by atoms with Crippen LogP contribution < -0.4 is 5.32 Å². The molecule has 0 heterocycles. The summed E-state index contributed by atoms with van der Waals surface area (Å²) >= 11 is 0. The maximum absolute atomic E-state index is 11.4. The number of carbonyl (C=O) groups excluding carboxylic acids is 1. The van der Waals surface area contributed by atoms with Gasteiger partial charge in [0.15, 0.2) is 0 Å². The van der Waals surface area contributed by atoms with Crippen molar-refractivity contribution in [2.45, 2.75) is 111 Å². The molecule has 0 aromatic heterocycles. The van der Waals surface area contributed by atoms with Gasteiger partial charge in [0.05, 0.1) is 0 Å². The molecule has 2 heteroatoms. The van der Waals surface area contributed by atoms with E-state index in [9.17, 15) is 4.79 Å². The van der Waals surface area contributed by atoms with Crippen LogP contribution in [0.15, 0.2) is 0 Å². The Kier molecular flexibility index (Phi) is 17.4. The van der Waals surface area contributed by atoms with Crippen LogP contribution in [0, 0.1) is 12.3 Å². The first-order valence-corrected chi connectivity index (χ1v) is 10.2. The molecule has 0 atom stereocenters. The lowest BCUT2D eigenvalue weighted by molar-refractivity contribution is -0.121. The molecule has 0 aromatic rings. The van der Waals surface area contributed by atoms with E-state index in [4.69, 9.17) is 0 Å². The van der Waals surface area contributed by atoms with E-state index >= 15 is 0 Å². The highest BCUT2D eigenvalue weighted by Gasteiger charge is 1.99. The van der Waals surface area contributed by atoms with E-state index in [2.05, 4.69) is 19.2 Å². The van der Waals surface area contributed by atoms with Gasteiger partial charge in [0.25, 0.3) is 0 Å². The van der Waals surface area contributed by atoms with Crippen LogP contribution in [0.2, 0.25) is 0 Å². The fraction of sp³-hybridized carbons (Fsp3) is 0.905. The van der Waals surface area contributed by atoms with Crippen molar-refractivity contribution in [1.29, 1.82) is 0 Å². The van der Waals surface area contributed by atoms with Crippen LogP contribution in [0.4, 0.5) is 0 Å². The van der Waals surface area contributed by atoms with E-state index < -0.39 is 0 Å².